The highest BCUT2D eigenvalue weighted by atomic mass is 32.2. The first-order valence-electron chi connectivity index (χ1n) is 5.88. The highest BCUT2D eigenvalue weighted by Gasteiger charge is 2.16. The van der Waals surface area contributed by atoms with Gasteiger partial charge in [-0.2, -0.15) is 0 Å². The molecule has 0 spiro atoms. The zero-order valence-corrected chi connectivity index (χ0v) is 11.2. The molecular formula is C12H18N2O3S. The summed E-state index contributed by atoms with van der Waals surface area (Å²) in [7, 11) is -3.20. The van der Waals surface area contributed by atoms with Crippen LogP contribution in [0.5, 0.6) is 0 Å². The number of anilines is 2. The van der Waals surface area contributed by atoms with Gasteiger partial charge >= 0.3 is 0 Å². The summed E-state index contributed by atoms with van der Waals surface area (Å²) < 4.78 is 28.0. The largest absolute Gasteiger partial charge is 0.397 e. The van der Waals surface area contributed by atoms with Crippen LogP contribution in [0.2, 0.25) is 0 Å². The summed E-state index contributed by atoms with van der Waals surface area (Å²) >= 11 is 0. The predicted molar refractivity (Wildman–Crippen MR) is 71.4 cm³/mol. The lowest BCUT2D eigenvalue weighted by Gasteiger charge is -2.13. The van der Waals surface area contributed by atoms with E-state index in [0.717, 1.165) is 31.9 Å². The van der Waals surface area contributed by atoms with Crippen molar-refractivity contribution in [2.24, 2.45) is 5.92 Å². The van der Waals surface area contributed by atoms with Crippen LogP contribution in [0.3, 0.4) is 0 Å². The van der Waals surface area contributed by atoms with Gasteiger partial charge in [-0.25, -0.2) is 8.42 Å². The minimum atomic E-state index is -3.20. The molecule has 1 fully saturated rings. The first-order chi connectivity index (χ1) is 8.47. The third kappa shape index (κ3) is 3.14. The molecule has 6 heteroatoms. The lowest BCUT2D eigenvalue weighted by Crippen LogP contribution is -2.15. The van der Waals surface area contributed by atoms with E-state index in [9.17, 15) is 8.42 Å². The van der Waals surface area contributed by atoms with E-state index in [1.165, 1.54) is 12.3 Å². The molecule has 1 saturated heterocycles. The van der Waals surface area contributed by atoms with Crippen molar-refractivity contribution in [3.8, 4) is 0 Å². The Kier molecular flexibility index (Phi) is 3.77. The third-order valence-electron chi connectivity index (χ3n) is 3.06. The summed E-state index contributed by atoms with van der Waals surface area (Å²) in [6.45, 7) is 2.38. The molecule has 0 aliphatic carbocycles. The van der Waals surface area contributed by atoms with Gasteiger partial charge in [0.1, 0.15) is 0 Å². The van der Waals surface area contributed by atoms with Crippen LogP contribution >= 0.6 is 0 Å². The second-order valence-corrected chi connectivity index (χ2v) is 6.65. The Labute approximate surface area is 107 Å². The predicted octanol–water partition coefficient (Wildman–Crippen LogP) is 1.12. The molecule has 100 valence electrons. The van der Waals surface area contributed by atoms with E-state index in [1.54, 1.807) is 12.1 Å². The van der Waals surface area contributed by atoms with Crippen molar-refractivity contribution >= 4 is 21.2 Å². The van der Waals surface area contributed by atoms with E-state index < -0.39 is 9.84 Å². The molecule has 5 nitrogen and oxygen atoms in total. The number of hydrogen-bond donors (Lipinski definition) is 2. The smallest absolute Gasteiger partial charge is 0.175 e. The summed E-state index contributed by atoms with van der Waals surface area (Å²) in [5.74, 6) is 0.499. The first kappa shape index (κ1) is 13.2. The van der Waals surface area contributed by atoms with E-state index in [1.807, 2.05) is 0 Å². The highest BCUT2D eigenvalue weighted by Crippen LogP contribution is 2.23. The summed E-state index contributed by atoms with van der Waals surface area (Å²) in [4.78, 5) is 0.245. The number of rotatable bonds is 4. The number of sulfone groups is 1. The van der Waals surface area contributed by atoms with Gasteiger partial charge in [-0.1, -0.05) is 0 Å². The number of ether oxygens (including phenoxy) is 1. The second kappa shape index (κ2) is 5.16. The molecule has 0 radical (unpaired) electrons. The average Bonchev–Trinajstić information content (AvgIpc) is 2.79. The maximum atomic E-state index is 11.4. The number of benzene rings is 1. The molecule has 0 bridgehead atoms. The Bertz CT molecular complexity index is 522. The second-order valence-electron chi connectivity index (χ2n) is 4.63. The van der Waals surface area contributed by atoms with E-state index in [0.29, 0.717) is 11.6 Å². The average molecular weight is 270 g/mol. The Balaban J connectivity index is 2.05. The van der Waals surface area contributed by atoms with Crippen LogP contribution in [0.15, 0.2) is 23.1 Å². The van der Waals surface area contributed by atoms with Gasteiger partial charge in [-0.05, 0) is 24.6 Å². The highest BCUT2D eigenvalue weighted by molar-refractivity contribution is 7.90. The molecule has 3 N–H and O–H groups in total. The lowest BCUT2D eigenvalue weighted by atomic mass is 10.1. The number of nitrogen functional groups attached to an aromatic ring is 1. The number of hydrogen-bond acceptors (Lipinski definition) is 5. The summed E-state index contributed by atoms with van der Waals surface area (Å²) in [6, 6.07) is 4.77. The van der Waals surface area contributed by atoms with Crippen LogP contribution in [0.25, 0.3) is 0 Å². The molecular weight excluding hydrogens is 252 g/mol. The Morgan fingerprint density at radius 1 is 1.50 bits per heavy atom. The van der Waals surface area contributed by atoms with Crippen LogP contribution < -0.4 is 11.1 Å². The van der Waals surface area contributed by atoms with Gasteiger partial charge in [0.05, 0.1) is 22.9 Å². The molecule has 18 heavy (non-hydrogen) atoms. The molecule has 1 aliphatic rings. The standard InChI is InChI=1S/C12H18N2O3S/c1-18(15,16)10-2-3-12(11(13)6-10)14-7-9-4-5-17-8-9/h2-3,6,9,14H,4-5,7-8,13H2,1H3. The van der Waals surface area contributed by atoms with Gasteiger partial charge in [-0.15, -0.1) is 0 Å². The monoisotopic (exact) mass is 270 g/mol. The van der Waals surface area contributed by atoms with Gasteiger partial charge in [-0.3, -0.25) is 0 Å². The Morgan fingerprint density at radius 2 is 2.28 bits per heavy atom. The van der Waals surface area contributed by atoms with Crippen molar-refractivity contribution in [1.82, 2.24) is 0 Å². The van der Waals surface area contributed by atoms with Crippen molar-refractivity contribution < 1.29 is 13.2 Å². The van der Waals surface area contributed by atoms with Crippen molar-refractivity contribution in [2.45, 2.75) is 11.3 Å². The summed E-state index contributed by atoms with van der Waals surface area (Å²) in [5, 5.41) is 3.23. The van der Waals surface area contributed by atoms with Gasteiger partial charge in [0.25, 0.3) is 0 Å². The van der Waals surface area contributed by atoms with Crippen molar-refractivity contribution in [3.05, 3.63) is 18.2 Å². The third-order valence-corrected chi connectivity index (χ3v) is 4.17. The van der Waals surface area contributed by atoms with E-state index >= 15 is 0 Å². The number of nitrogens with two attached hydrogens (primary N) is 1. The fourth-order valence-electron chi connectivity index (χ4n) is 1.93. The van der Waals surface area contributed by atoms with E-state index in [4.69, 9.17) is 10.5 Å². The maximum absolute atomic E-state index is 11.4. The normalized spacial score (nSPS) is 19.9. The minimum Gasteiger partial charge on any atom is -0.397 e. The van der Waals surface area contributed by atoms with Gasteiger partial charge in [0.2, 0.25) is 0 Å². The summed E-state index contributed by atoms with van der Waals surface area (Å²) in [5.41, 5.74) is 7.07. The lowest BCUT2D eigenvalue weighted by molar-refractivity contribution is 0.187. The molecule has 0 saturated carbocycles. The summed E-state index contributed by atoms with van der Waals surface area (Å²) in [6.07, 6.45) is 2.22. The van der Waals surface area contributed by atoms with E-state index in [2.05, 4.69) is 5.32 Å². The van der Waals surface area contributed by atoms with Crippen molar-refractivity contribution in [2.75, 3.05) is 37.1 Å². The molecule has 0 amide bonds. The molecule has 1 unspecified atom stereocenters. The fourth-order valence-corrected chi connectivity index (χ4v) is 2.59. The first-order valence-corrected chi connectivity index (χ1v) is 7.77. The van der Waals surface area contributed by atoms with E-state index in [-0.39, 0.29) is 4.90 Å². The van der Waals surface area contributed by atoms with Gasteiger partial charge in [0, 0.05) is 25.3 Å². The zero-order valence-electron chi connectivity index (χ0n) is 10.3. The van der Waals surface area contributed by atoms with Crippen LogP contribution in [-0.4, -0.2) is 34.4 Å². The zero-order chi connectivity index (χ0) is 13.2. The van der Waals surface area contributed by atoms with Crippen LogP contribution in [0.1, 0.15) is 6.42 Å². The molecule has 1 aliphatic heterocycles. The Hall–Kier alpha value is -1.27. The molecule has 1 aromatic rings. The van der Waals surface area contributed by atoms with Crippen molar-refractivity contribution in [1.29, 1.82) is 0 Å². The molecule has 1 aromatic carbocycles. The van der Waals surface area contributed by atoms with Crippen LogP contribution in [-0.2, 0) is 14.6 Å². The van der Waals surface area contributed by atoms with Crippen molar-refractivity contribution in [3.63, 3.8) is 0 Å². The van der Waals surface area contributed by atoms with Gasteiger partial charge in [0.15, 0.2) is 9.84 Å². The van der Waals surface area contributed by atoms with Gasteiger partial charge < -0.3 is 15.8 Å². The quantitative estimate of drug-likeness (QED) is 0.801. The molecule has 0 aromatic heterocycles. The minimum absolute atomic E-state index is 0.245. The molecule has 2 rings (SSSR count). The number of nitrogens with one attached hydrogen (secondary N) is 1. The van der Waals surface area contributed by atoms with Crippen LogP contribution in [0.4, 0.5) is 11.4 Å². The molecule has 1 heterocycles. The topological polar surface area (TPSA) is 81.4 Å². The van der Waals surface area contributed by atoms with Crippen LogP contribution in [0, 0.1) is 5.92 Å². The molecule has 1 atom stereocenters. The fraction of sp³-hybridized carbons (Fsp3) is 0.500. The SMILES string of the molecule is CS(=O)(=O)c1ccc(NCC2CCOC2)c(N)c1. The Morgan fingerprint density at radius 3 is 2.83 bits per heavy atom. The maximum Gasteiger partial charge on any atom is 0.175 e.